The van der Waals surface area contributed by atoms with Crippen molar-refractivity contribution in [2.75, 3.05) is 26.5 Å². The molecule has 1 aromatic carbocycles. The zero-order valence-electron chi connectivity index (χ0n) is 14.0. The number of hydrogen-bond acceptors (Lipinski definition) is 5. The summed E-state index contributed by atoms with van der Waals surface area (Å²) in [6.45, 7) is 6.10. The first kappa shape index (κ1) is 17.6. The molecule has 0 amide bonds. The van der Waals surface area contributed by atoms with E-state index in [1.54, 1.807) is 6.07 Å². The fraction of sp³-hybridized carbons (Fsp3) is 0.412. The number of rotatable bonds is 7. The van der Waals surface area contributed by atoms with Gasteiger partial charge in [0.1, 0.15) is 12.4 Å². The Balaban J connectivity index is 1.86. The minimum Gasteiger partial charge on any atom is -0.492 e. The number of likely N-dealkylation sites (N-methyl/N-ethyl adjacent to an activating group) is 1. The van der Waals surface area contributed by atoms with Gasteiger partial charge in [0, 0.05) is 19.2 Å². The zero-order chi connectivity index (χ0) is 16.8. The van der Waals surface area contributed by atoms with Crippen LogP contribution in [0.1, 0.15) is 16.8 Å². The lowest BCUT2D eigenvalue weighted by Gasteiger charge is -2.17. The van der Waals surface area contributed by atoms with E-state index < -0.39 is 0 Å². The number of ether oxygens (including phenoxy) is 1. The molecule has 0 atom stereocenters. The van der Waals surface area contributed by atoms with Crippen molar-refractivity contribution in [3.8, 4) is 5.75 Å². The Morgan fingerprint density at radius 1 is 1.22 bits per heavy atom. The van der Waals surface area contributed by atoms with E-state index in [-0.39, 0.29) is 5.56 Å². The predicted octanol–water partition coefficient (Wildman–Crippen LogP) is 2.62. The van der Waals surface area contributed by atoms with Crippen LogP contribution in [0.15, 0.2) is 34.2 Å². The van der Waals surface area contributed by atoms with E-state index in [2.05, 4.69) is 34.8 Å². The Labute approximate surface area is 141 Å². The molecule has 1 N–H and O–H groups in total. The Morgan fingerprint density at radius 3 is 2.57 bits per heavy atom. The average Bonchev–Trinajstić information content (AvgIpc) is 2.45. The Bertz CT molecular complexity index is 695. The van der Waals surface area contributed by atoms with Gasteiger partial charge >= 0.3 is 0 Å². The third kappa shape index (κ3) is 5.73. The van der Waals surface area contributed by atoms with E-state index >= 15 is 0 Å². The second-order valence-electron chi connectivity index (χ2n) is 5.66. The van der Waals surface area contributed by atoms with E-state index in [1.165, 1.54) is 22.9 Å². The molecule has 0 unspecified atom stereocenters. The fourth-order valence-electron chi connectivity index (χ4n) is 2.35. The minimum atomic E-state index is -0.112. The summed E-state index contributed by atoms with van der Waals surface area (Å²) in [5.41, 5.74) is 3.06. The molecule has 0 aliphatic rings. The summed E-state index contributed by atoms with van der Waals surface area (Å²) < 4.78 is 5.81. The molecule has 124 valence electrons. The highest BCUT2D eigenvalue weighted by molar-refractivity contribution is 7.98. The van der Waals surface area contributed by atoms with E-state index in [9.17, 15) is 4.79 Å². The van der Waals surface area contributed by atoms with Crippen molar-refractivity contribution in [1.82, 2.24) is 14.9 Å². The number of hydrogen-bond donors (Lipinski definition) is 1. The lowest BCUT2D eigenvalue weighted by atomic mass is 10.1. The Hall–Kier alpha value is -1.79. The molecule has 6 heteroatoms. The van der Waals surface area contributed by atoms with Crippen molar-refractivity contribution in [3.63, 3.8) is 0 Å². The van der Waals surface area contributed by atoms with Gasteiger partial charge in [-0.1, -0.05) is 17.8 Å². The maximum absolute atomic E-state index is 11.6. The van der Waals surface area contributed by atoms with Crippen LogP contribution in [0.4, 0.5) is 0 Å². The van der Waals surface area contributed by atoms with Gasteiger partial charge in [0.2, 0.25) is 0 Å². The van der Waals surface area contributed by atoms with Crippen LogP contribution < -0.4 is 10.3 Å². The quantitative estimate of drug-likeness (QED) is 0.623. The normalized spacial score (nSPS) is 11.0. The van der Waals surface area contributed by atoms with Gasteiger partial charge < -0.3 is 9.72 Å². The summed E-state index contributed by atoms with van der Waals surface area (Å²) in [6.07, 6.45) is 1.89. The molecule has 2 rings (SSSR count). The van der Waals surface area contributed by atoms with Crippen LogP contribution in [-0.2, 0) is 6.54 Å². The van der Waals surface area contributed by atoms with Gasteiger partial charge in [0.15, 0.2) is 5.16 Å². The van der Waals surface area contributed by atoms with E-state index in [1.807, 2.05) is 25.4 Å². The van der Waals surface area contributed by atoms with Crippen molar-refractivity contribution >= 4 is 11.8 Å². The smallest absolute Gasteiger partial charge is 0.251 e. The summed E-state index contributed by atoms with van der Waals surface area (Å²) >= 11 is 1.43. The molecule has 0 spiro atoms. The first-order chi connectivity index (χ1) is 11.0. The van der Waals surface area contributed by atoms with Gasteiger partial charge in [-0.15, -0.1) is 0 Å². The highest BCUT2D eigenvalue weighted by atomic mass is 32.2. The SMILES string of the molecule is CSc1nc(CN(C)CCOc2cc(C)cc(C)c2)cc(=O)[nH]1. The number of H-pyrrole nitrogens is 1. The van der Waals surface area contributed by atoms with Crippen LogP contribution in [0.3, 0.4) is 0 Å². The molecule has 0 fully saturated rings. The van der Waals surface area contributed by atoms with Crippen LogP contribution >= 0.6 is 11.8 Å². The number of nitrogens with zero attached hydrogens (tertiary/aromatic N) is 2. The topological polar surface area (TPSA) is 58.2 Å². The monoisotopic (exact) mass is 333 g/mol. The van der Waals surface area contributed by atoms with Gasteiger partial charge in [0.05, 0.1) is 5.69 Å². The lowest BCUT2D eigenvalue weighted by Crippen LogP contribution is -2.25. The number of nitrogens with one attached hydrogen (secondary N) is 1. The second-order valence-corrected chi connectivity index (χ2v) is 6.45. The fourth-order valence-corrected chi connectivity index (χ4v) is 2.76. The standard InChI is InChI=1S/C17H23N3O2S/c1-12-7-13(2)9-15(8-12)22-6-5-20(3)11-14-10-16(21)19-17(18-14)23-4/h7-10H,5-6,11H2,1-4H3,(H,18,19,21). The molecular formula is C17H23N3O2S. The molecule has 0 aliphatic carbocycles. The Morgan fingerprint density at radius 2 is 1.91 bits per heavy atom. The van der Waals surface area contributed by atoms with Gasteiger partial charge in [0.25, 0.3) is 5.56 Å². The number of benzene rings is 1. The molecule has 0 saturated carbocycles. The number of aromatic amines is 1. The van der Waals surface area contributed by atoms with Crippen LogP contribution in [0, 0.1) is 13.8 Å². The highest BCUT2D eigenvalue weighted by Crippen LogP contribution is 2.16. The maximum Gasteiger partial charge on any atom is 0.251 e. The van der Waals surface area contributed by atoms with Crippen molar-refractivity contribution in [1.29, 1.82) is 0 Å². The number of thioether (sulfide) groups is 1. The molecule has 2 aromatic rings. The molecule has 1 aromatic heterocycles. The van der Waals surface area contributed by atoms with Crippen LogP contribution in [0.25, 0.3) is 0 Å². The molecule has 23 heavy (non-hydrogen) atoms. The largest absolute Gasteiger partial charge is 0.492 e. The third-order valence-electron chi connectivity index (χ3n) is 3.34. The number of aryl methyl sites for hydroxylation is 2. The molecule has 0 saturated heterocycles. The molecule has 0 bridgehead atoms. The maximum atomic E-state index is 11.6. The Kier molecular flexibility index (Phi) is 6.24. The summed E-state index contributed by atoms with van der Waals surface area (Å²) in [5, 5.41) is 0.646. The molecular weight excluding hydrogens is 310 g/mol. The summed E-state index contributed by atoms with van der Waals surface area (Å²) in [7, 11) is 1.99. The molecule has 1 heterocycles. The summed E-state index contributed by atoms with van der Waals surface area (Å²) in [6, 6.07) is 7.74. The summed E-state index contributed by atoms with van der Waals surface area (Å²) in [5.74, 6) is 0.898. The van der Waals surface area contributed by atoms with Gasteiger partial charge in [-0.2, -0.15) is 0 Å². The van der Waals surface area contributed by atoms with Crippen LogP contribution in [0.5, 0.6) is 5.75 Å². The van der Waals surface area contributed by atoms with E-state index in [0.717, 1.165) is 18.0 Å². The van der Waals surface area contributed by atoms with Crippen LogP contribution in [-0.4, -0.2) is 41.3 Å². The van der Waals surface area contributed by atoms with Crippen LogP contribution in [0.2, 0.25) is 0 Å². The lowest BCUT2D eigenvalue weighted by molar-refractivity contribution is 0.231. The zero-order valence-corrected chi connectivity index (χ0v) is 14.9. The van der Waals surface area contributed by atoms with E-state index in [4.69, 9.17) is 4.74 Å². The first-order valence-electron chi connectivity index (χ1n) is 7.50. The highest BCUT2D eigenvalue weighted by Gasteiger charge is 2.05. The predicted molar refractivity (Wildman–Crippen MR) is 94.4 cm³/mol. The molecule has 0 radical (unpaired) electrons. The third-order valence-corrected chi connectivity index (χ3v) is 3.92. The van der Waals surface area contributed by atoms with Gasteiger partial charge in [-0.3, -0.25) is 9.69 Å². The van der Waals surface area contributed by atoms with Gasteiger partial charge in [-0.05, 0) is 50.4 Å². The second kappa shape index (κ2) is 8.17. The first-order valence-corrected chi connectivity index (χ1v) is 8.72. The van der Waals surface area contributed by atoms with E-state index in [0.29, 0.717) is 18.3 Å². The summed E-state index contributed by atoms with van der Waals surface area (Å²) in [4.78, 5) is 20.8. The molecule has 0 aliphatic heterocycles. The number of aromatic nitrogens is 2. The van der Waals surface area contributed by atoms with Crippen molar-refractivity contribution < 1.29 is 4.74 Å². The van der Waals surface area contributed by atoms with Crippen molar-refractivity contribution in [2.45, 2.75) is 25.5 Å². The van der Waals surface area contributed by atoms with Gasteiger partial charge in [-0.25, -0.2) is 4.98 Å². The average molecular weight is 333 g/mol. The molecule has 5 nitrogen and oxygen atoms in total. The van der Waals surface area contributed by atoms with Crippen molar-refractivity contribution in [3.05, 3.63) is 51.4 Å². The van der Waals surface area contributed by atoms with Crippen molar-refractivity contribution in [2.24, 2.45) is 0 Å². The minimum absolute atomic E-state index is 0.112.